The second-order valence-corrected chi connectivity index (χ2v) is 8.16. The smallest absolute Gasteiger partial charge is 0.204 e. The monoisotopic (exact) mass is 409 g/mol. The summed E-state index contributed by atoms with van der Waals surface area (Å²) in [5.41, 5.74) is 3.27. The lowest BCUT2D eigenvalue weighted by molar-refractivity contribution is -0.0306. The molecular weight excluding hydrogens is 382 g/mol. The molecule has 0 amide bonds. The molecule has 3 heterocycles. The van der Waals surface area contributed by atoms with Crippen LogP contribution in [0.15, 0.2) is 48.8 Å². The normalized spacial score (nSPS) is 17.7. The summed E-state index contributed by atoms with van der Waals surface area (Å²) in [4.78, 5) is 6.63. The number of ether oxygens (including phenoxy) is 1. The van der Waals surface area contributed by atoms with E-state index in [1.165, 1.54) is 5.56 Å². The zero-order valence-electron chi connectivity index (χ0n) is 17.2. The molecular formula is C22H27N5OS. The van der Waals surface area contributed by atoms with E-state index in [2.05, 4.69) is 59.5 Å². The maximum atomic E-state index is 5.92. The van der Waals surface area contributed by atoms with Gasteiger partial charge in [0.1, 0.15) is 0 Å². The molecule has 0 N–H and O–H groups in total. The first-order valence-corrected chi connectivity index (χ1v) is 10.5. The first-order chi connectivity index (χ1) is 14.0. The van der Waals surface area contributed by atoms with Crippen molar-refractivity contribution in [1.29, 1.82) is 0 Å². The minimum Gasteiger partial charge on any atom is -0.376 e. The number of pyridine rings is 1. The zero-order chi connectivity index (χ0) is 20.4. The average molecular weight is 410 g/mol. The number of nitrogens with zero attached hydrogens (tertiary/aromatic N) is 5. The minimum absolute atomic E-state index is 0.222. The van der Waals surface area contributed by atoms with Gasteiger partial charge >= 0.3 is 0 Å². The van der Waals surface area contributed by atoms with Crippen LogP contribution in [-0.2, 0) is 11.4 Å². The maximum absolute atomic E-state index is 5.92. The molecule has 1 aliphatic rings. The lowest BCUT2D eigenvalue weighted by atomic mass is 10.0. The molecule has 1 unspecified atom stereocenters. The number of aromatic nitrogens is 4. The number of rotatable bonds is 5. The molecule has 1 saturated heterocycles. The van der Waals surface area contributed by atoms with Crippen molar-refractivity contribution in [3.05, 3.63) is 59.1 Å². The summed E-state index contributed by atoms with van der Waals surface area (Å²) >= 11 is 5.92. The second kappa shape index (κ2) is 8.57. The molecule has 1 atom stereocenters. The third-order valence-electron chi connectivity index (χ3n) is 5.22. The van der Waals surface area contributed by atoms with Crippen LogP contribution < -0.4 is 0 Å². The van der Waals surface area contributed by atoms with Gasteiger partial charge in [-0.2, -0.15) is 0 Å². The van der Waals surface area contributed by atoms with Crippen LogP contribution in [0.5, 0.6) is 0 Å². The van der Waals surface area contributed by atoms with Gasteiger partial charge in [-0.15, -0.1) is 5.10 Å². The van der Waals surface area contributed by atoms with Crippen molar-refractivity contribution in [1.82, 2.24) is 24.2 Å². The maximum Gasteiger partial charge on any atom is 0.204 e. The molecule has 1 fully saturated rings. The van der Waals surface area contributed by atoms with Crippen molar-refractivity contribution in [2.75, 3.05) is 19.7 Å². The highest BCUT2D eigenvalue weighted by Crippen LogP contribution is 2.28. The van der Waals surface area contributed by atoms with Crippen LogP contribution in [0.3, 0.4) is 0 Å². The van der Waals surface area contributed by atoms with E-state index in [-0.39, 0.29) is 6.10 Å². The Morgan fingerprint density at radius 2 is 2.03 bits per heavy atom. The Morgan fingerprint density at radius 1 is 1.21 bits per heavy atom. The van der Waals surface area contributed by atoms with Crippen molar-refractivity contribution < 1.29 is 4.74 Å². The van der Waals surface area contributed by atoms with Crippen LogP contribution in [0.4, 0.5) is 0 Å². The molecule has 3 aromatic rings. The van der Waals surface area contributed by atoms with E-state index in [0.29, 0.717) is 17.4 Å². The number of morpholine rings is 1. The molecule has 1 aliphatic heterocycles. The van der Waals surface area contributed by atoms with Crippen LogP contribution in [0.25, 0.3) is 17.1 Å². The second-order valence-electron chi connectivity index (χ2n) is 7.80. The van der Waals surface area contributed by atoms with Gasteiger partial charge < -0.3 is 4.74 Å². The van der Waals surface area contributed by atoms with Crippen LogP contribution in [-0.4, -0.2) is 50.0 Å². The Labute approximate surface area is 176 Å². The van der Waals surface area contributed by atoms with E-state index in [1.807, 2.05) is 23.0 Å². The quantitative estimate of drug-likeness (QED) is 0.589. The van der Waals surface area contributed by atoms with Gasteiger partial charge in [-0.25, -0.2) is 4.68 Å². The molecule has 0 radical (unpaired) electrons. The van der Waals surface area contributed by atoms with E-state index in [0.717, 1.165) is 36.8 Å². The van der Waals surface area contributed by atoms with Crippen molar-refractivity contribution in [2.24, 2.45) is 0 Å². The molecule has 1 aromatic carbocycles. The molecule has 4 rings (SSSR count). The van der Waals surface area contributed by atoms with E-state index in [9.17, 15) is 0 Å². The molecule has 152 valence electrons. The summed E-state index contributed by atoms with van der Waals surface area (Å²) in [6.07, 6.45) is 3.84. The molecule has 7 heteroatoms. The highest BCUT2D eigenvalue weighted by atomic mass is 32.1. The van der Waals surface area contributed by atoms with Crippen LogP contribution >= 0.6 is 12.2 Å². The SMILES string of the molecule is CC1CN(Cn2nc(-c3cccnc3)n(-c3ccccc3C(C)C)c2=S)CCO1. The molecule has 29 heavy (non-hydrogen) atoms. The standard InChI is InChI=1S/C22H27N5OS/c1-16(2)19-8-4-5-9-20(19)27-21(18-7-6-10-23-13-18)24-26(22(27)29)15-25-11-12-28-17(3)14-25/h4-10,13,16-17H,11-12,14-15H2,1-3H3. The Morgan fingerprint density at radius 3 is 2.76 bits per heavy atom. The fraction of sp³-hybridized carbons (Fsp3) is 0.409. The summed E-state index contributed by atoms with van der Waals surface area (Å²) in [5.74, 6) is 1.19. The summed E-state index contributed by atoms with van der Waals surface area (Å²) in [6, 6.07) is 12.4. The van der Waals surface area contributed by atoms with Gasteiger partial charge in [0.25, 0.3) is 0 Å². The third kappa shape index (κ3) is 4.17. The summed E-state index contributed by atoms with van der Waals surface area (Å²) in [6.45, 7) is 9.64. The van der Waals surface area contributed by atoms with Gasteiger partial charge in [0.2, 0.25) is 4.77 Å². The highest BCUT2D eigenvalue weighted by molar-refractivity contribution is 7.71. The molecule has 2 aromatic heterocycles. The number of benzene rings is 1. The Balaban J connectivity index is 1.83. The van der Waals surface area contributed by atoms with Crippen LogP contribution in [0.2, 0.25) is 0 Å². The molecule has 6 nitrogen and oxygen atoms in total. The molecule has 0 spiro atoms. The van der Waals surface area contributed by atoms with Crippen molar-refractivity contribution >= 4 is 12.2 Å². The topological polar surface area (TPSA) is 48.1 Å². The summed E-state index contributed by atoms with van der Waals surface area (Å²) in [7, 11) is 0. The van der Waals surface area contributed by atoms with E-state index >= 15 is 0 Å². The van der Waals surface area contributed by atoms with Crippen molar-refractivity contribution in [2.45, 2.75) is 39.5 Å². The lowest BCUT2D eigenvalue weighted by Crippen LogP contribution is -2.42. The Bertz CT molecular complexity index is 1030. The van der Waals surface area contributed by atoms with Gasteiger partial charge in [0.05, 0.1) is 25.1 Å². The lowest BCUT2D eigenvalue weighted by Gasteiger charge is -2.30. The molecule has 0 saturated carbocycles. The van der Waals surface area contributed by atoms with Crippen LogP contribution in [0.1, 0.15) is 32.3 Å². The van der Waals surface area contributed by atoms with Gasteiger partial charge in [-0.3, -0.25) is 14.5 Å². The Hall–Kier alpha value is -2.35. The predicted octanol–water partition coefficient (Wildman–Crippen LogP) is 4.27. The van der Waals surface area contributed by atoms with Crippen molar-refractivity contribution in [3.63, 3.8) is 0 Å². The number of hydrogen-bond acceptors (Lipinski definition) is 5. The van der Waals surface area contributed by atoms with Crippen LogP contribution in [0, 0.1) is 4.77 Å². The summed E-state index contributed by atoms with van der Waals surface area (Å²) in [5, 5.41) is 4.93. The zero-order valence-corrected chi connectivity index (χ0v) is 18.0. The predicted molar refractivity (Wildman–Crippen MR) is 117 cm³/mol. The highest BCUT2D eigenvalue weighted by Gasteiger charge is 2.21. The van der Waals surface area contributed by atoms with E-state index < -0.39 is 0 Å². The first-order valence-electron chi connectivity index (χ1n) is 10.1. The fourth-order valence-electron chi connectivity index (χ4n) is 3.79. The third-order valence-corrected chi connectivity index (χ3v) is 5.61. The fourth-order valence-corrected chi connectivity index (χ4v) is 4.07. The molecule has 0 bridgehead atoms. The number of hydrogen-bond donors (Lipinski definition) is 0. The Kier molecular flexibility index (Phi) is 5.89. The molecule has 0 aliphatic carbocycles. The summed E-state index contributed by atoms with van der Waals surface area (Å²) < 4.78 is 10.4. The van der Waals surface area contributed by atoms with Gasteiger partial charge in [0.15, 0.2) is 5.82 Å². The van der Waals surface area contributed by atoms with Gasteiger partial charge in [-0.1, -0.05) is 32.0 Å². The largest absolute Gasteiger partial charge is 0.376 e. The minimum atomic E-state index is 0.222. The van der Waals surface area contributed by atoms with E-state index in [4.69, 9.17) is 22.1 Å². The average Bonchev–Trinajstić information content (AvgIpc) is 3.04. The van der Waals surface area contributed by atoms with Crippen molar-refractivity contribution in [3.8, 4) is 17.1 Å². The van der Waals surface area contributed by atoms with E-state index in [1.54, 1.807) is 6.20 Å². The first kappa shape index (κ1) is 19.9. The number of para-hydroxylation sites is 1. The van der Waals surface area contributed by atoms with Gasteiger partial charge in [-0.05, 0) is 48.8 Å². The van der Waals surface area contributed by atoms with Gasteiger partial charge in [0, 0.05) is 31.0 Å².